The molecule has 0 fully saturated rings. The maximum atomic E-state index is 5.90. The summed E-state index contributed by atoms with van der Waals surface area (Å²) < 4.78 is 12.5. The van der Waals surface area contributed by atoms with E-state index in [1.165, 1.54) is 6.26 Å². The Morgan fingerprint density at radius 1 is 1.27 bits per heavy atom. The Hall–Kier alpha value is -3.17. The molecule has 0 atom stereocenters. The van der Waals surface area contributed by atoms with Crippen molar-refractivity contribution >= 4 is 12.0 Å². The highest BCUT2D eigenvalue weighted by Crippen LogP contribution is 2.29. The van der Waals surface area contributed by atoms with Gasteiger partial charge in [0.1, 0.15) is 19.3 Å². The zero-order valence-electron chi connectivity index (χ0n) is 15.1. The van der Waals surface area contributed by atoms with Gasteiger partial charge in [-0.3, -0.25) is 5.01 Å². The molecule has 1 aliphatic rings. The number of hydrogen-bond donors (Lipinski definition) is 0. The lowest BCUT2D eigenvalue weighted by Gasteiger charge is -2.21. The van der Waals surface area contributed by atoms with E-state index in [0.717, 1.165) is 5.56 Å². The highest BCUT2D eigenvalue weighted by Gasteiger charge is 2.24. The van der Waals surface area contributed by atoms with E-state index in [1.807, 2.05) is 23.0 Å². The van der Waals surface area contributed by atoms with E-state index in [2.05, 4.69) is 46.3 Å². The van der Waals surface area contributed by atoms with Crippen molar-refractivity contribution in [2.45, 2.75) is 26.2 Å². The Morgan fingerprint density at radius 2 is 2.12 bits per heavy atom. The summed E-state index contributed by atoms with van der Waals surface area (Å²) in [4.78, 5) is 1.94. The Bertz CT molecular complexity index is 941. The van der Waals surface area contributed by atoms with Crippen LogP contribution in [0, 0.1) is 0 Å². The summed E-state index contributed by atoms with van der Waals surface area (Å²) >= 11 is 0. The van der Waals surface area contributed by atoms with E-state index < -0.39 is 0 Å². The van der Waals surface area contributed by atoms with Gasteiger partial charge in [-0.25, -0.2) is 0 Å². The minimum atomic E-state index is -0.161. The van der Waals surface area contributed by atoms with Gasteiger partial charge in [-0.05, 0) is 5.41 Å². The van der Waals surface area contributed by atoms with Crippen LogP contribution in [0.1, 0.15) is 26.3 Å². The summed E-state index contributed by atoms with van der Waals surface area (Å²) in [5.41, 5.74) is 2.06. The van der Waals surface area contributed by atoms with E-state index in [-0.39, 0.29) is 5.41 Å². The summed E-state index contributed by atoms with van der Waals surface area (Å²) in [6.07, 6.45) is 3.23. The summed E-state index contributed by atoms with van der Waals surface area (Å²) in [6, 6.07) is 3.63. The first-order valence-corrected chi connectivity index (χ1v) is 8.21. The fraction of sp³-hybridized carbons (Fsp3) is 0.438. The smallest absolute Gasteiger partial charge is 0.233 e. The molecule has 0 aromatic carbocycles. The molecule has 26 heavy (non-hydrogen) atoms. The van der Waals surface area contributed by atoms with Crippen LogP contribution in [0.25, 0.3) is 17.2 Å². The van der Waals surface area contributed by atoms with Gasteiger partial charge in [0.25, 0.3) is 0 Å². The van der Waals surface area contributed by atoms with E-state index in [1.54, 1.807) is 16.9 Å². The molecule has 0 spiro atoms. The summed E-state index contributed by atoms with van der Waals surface area (Å²) in [6.45, 7) is 7.35. The largest absolute Gasteiger partial charge is 0.455 e. The van der Waals surface area contributed by atoms with Crippen LogP contribution < -0.4 is 4.74 Å². The van der Waals surface area contributed by atoms with Crippen LogP contribution in [0.15, 0.2) is 28.0 Å². The Kier molecular flexibility index (Phi) is 3.74. The van der Waals surface area contributed by atoms with E-state index in [9.17, 15) is 0 Å². The summed E-state index contributed by atoms with van der Waals surface area (Å²) in [7, 11) is 1.90. The number of fused-ring (bicyclic) bond motifs is 1. The first-order chi connectivity index (χ1) is 12.4. The van der Waals surface area contributed by atoms with Crippen molar-refractivity contribution in [1.82, 2.24) is 34.9 Å². The van der Waals surface area contributed by atoms with Crippen molar-refractivity contribution in [3.63, 3.8) is 0 Å². The van der Waals surface area contributed by atoms with Gasteiger partial charge in [-0.15, -0.1) is 15.3 Å². The fourth-order valence-corrected chi connectivity index (χ4v) is 2.69. The molecule has 0 amide bonds. The third kappa shape index (κ3) is 2.93. The number of hydrazone groups is 1. The zero-order chi connectivity index (χ0) is 18.3. The lowest BCUT2D eigenvalue weighted by molar-refractivity contribution is 0.157. The molecule has 0 radical (unpaired) electrons. The van der Waals surface area contributed by atoms with Crippen LogP contribution in [0.5, 0.6) is 5.88 Å². The number of rotatable bonds is 4. The van der Waals surface area contributed by atoms with Crippen LogP contribution in [0.3, 0.4) is 0 Å². The molecular formula is C16H20N8O2. The summed E-state index contributed by atoms with van der Waals surface area (Å²) in [5, 5.41) is 23.0. The van der Waals surface area contributed by atoms with Gasteiger partial charge < -0.3 is 14.2 Å². The van der Waals surface area contributed by atoms with Gasteiger partial charge in [-0.2, -0.15) is 9.62 Å². The predicted molar refractivity (Wildman–Crippen MR) is 93.4 cm³/mol. The van der Waals surface area contributed by atoms with Crippen molar-refractivity contribution in [2.75, 3.05) is 20.4 Å². The number of aromatic nitrogens is 5. The van der Waals surface area contributed by atoms with Crippen LogP contribution in [0.2, 0.25) is 0 Å². The van der Waals surface area contributed by atoms with Crippen LogP contribution in [0.4, 0.5) is 0 Å². The molecular weight excluding hydrogens is 336 g/mol. The molecule has 4 rings (SSSR count). The normalized spacial score (nSPS) is 14.6. The molecule has 3 aromatic heterocycles. The maximum absolute atomic E-state index is 5.90. The Labute approximate surface area is 150 Å². The first kappa shape index (κ1) is 16.3. The second-order valence-corrected chi connectivity index (χ2v) is 7.18. The maximum Gasteiger partial charge on any atom is 0.233 e. The Morgan fingerprint density at radius 3 is 2.77 bits per heavy atom. The molecule has 0 saturated heterocycles. The quantitative estimate of drug-likeness (QED) is 0.695. The highest BCUT2D eigenvalue weighted by molar-refractivity contribution is 5.59. The monoisotopic (exact) mass is 356 g/mol. The first-order valence-electron chi connectivity index (χ1n) is 8.21. The van der Waals surface area contributed by atoms with Crippen LogP contribution >= 0.6 is 0 Å². The van der Waals surface area contributed by atoms with Crippen molar-refractivity contribution in [1.29, 1.82) is 0 Å². The van der Waals surface area contributed by atoms with Gasteiger partial charge in [0, 0.05) is 24.7 Å². The third-order valence-corrected chi connectivity index (χ3v) is 4.00. The molecule has 136 valence electrons. The van der Waals surface area contributed by atoms with E-state index >= 15 is 0 Å². The molecule has 0 unspecified atom stereocenters. The molecule has 0 bridgehead atoms. The number of hydrogen-bond acceptors (Lipinski definition) is 9. The number of ether oxygens (including phenoxy) is 1. The minimum absolute atomic E-state index is 0.161. The van der Waals surface area contributed by atoms with Gasteiger partial charge in [-0.1, -0.05) is 25.9 Å². The van der Waals surface area contributed by atoms with Crippen LogP contribution in [-0.4, -0.2) is 61.7 Å². The highest BCUT2D eigenvalue weighted by atomic mass is 16.5. The second kappa shape index (κ2) is 5.97. The van der Waals surface area contributed by atoms with Crippen LogP contribution in [-0.2, 0) is 5.41 Å². The average molecular weight is 356 g/mol. The molecule has 0 aliphatic carbocycles. The molecule has 0 N–H and O–H groups in total. The predicted octanol–water partition coefficient (Wildman–Crippen LogP) is 1.56. The van der Waals surface area contributed by atoms with Gasteiger partial charge >= 0.3 is 0 Å². The lowest BCUT2D eigenvalue weighted by Crippen LogP contribution is -2.29. The van der Waals surface area contributed by atoms with Crippen molar-refractivity contribution in [2.24, 2.45) is 5.10 Å². The molecule has 10 nitrogen and oxygen atoms in total. The van der Waals surface area contributed by atoms with Gasteiger partial charge in [0.05, 0.1) is 0 Å². The second-order valence-electron chi connectivity index (χ2n) is 7.18. The molecule has 3 aromatic rings. The van der Waals surface area contributed by atoms with Crippen molar-refractivity contribution < 1.29 is 9.26 Å². The topological polar surface area (TPSA) is 97.2 Å². The van der Waals surface area contributed by atoms with E-state index in [4.69, 9.17) is 9.26 Å². The molecule has 1 aliphatic heterocycles. The van der Waals surface area contributed by atoms with Gasteiger partial charge in [0.2, 0.25) is 11.7 Å². The van der Waals surface area contributed by atoms with Crippen molar-refractivity contribution in [3.8, 4) is 17.4 Å². The number of nitrogens with zero attached hydrogens (tertiary/aromatic N) is 8. The molecule has 4 heterocycles. The average Bonchev–Trinajstić information content (AvgIpc) is 3.31. The third-order valence-electron chi connectivity index (χ3n) is 4.00. The molecule has 10 heteroatoms. The standard InChI is InChI=1S/C16H20N8O2/c1-16(2,3)11-7-13(25-10-23-8-17-22(4)9-23)20-24-14(11)18-19-15(24)12-5-6-26-21-12/h5-8H,9-10H2,1-4H3. The van der Waals surface area contributed by atoms with Crippen molar-refractivity contribution in [3.05, 3.63) is 24.0 Å². The van der Waals surface area contributed by atoms with E-state index in [0.29, 0.717) is 36.4 Å². The fourth-order valence-electron chi connectivity index (χ4n) is 2.69. The minimum Gasteiger partial charge on any atom is -0.455 e. The van der Waals surface area contributed by atoms with Gasteiger partial charge in [0.15, 0.2) is 18.1 Å². The SMILES string of the molecule is CN1CN(COc2cc(C(C)(C)C)c3nnc(-c4ccon4)n3n2)C=N1. The zero-order valence-corrected chi connectivity index (χ0v) is 15.1. The summed E-state index contributed by atoms with van der Waals surface area (Å²) in [5.74, 6) is 0.988. The lowest BCUT2D eigenvalue weighted by atomic mass is 9.88. The Balaban J connectivity index is 1.73. The molecule has 0 saturated carbocycles.